The van der Waals surface area contributed by atoms with Gasteiger partial charge in [0.1, 0.15) is 0 Å². The van der Waals surface area contributed by atoms with Crippen molar-refractivity contribution >= 4 is 11.7 Å². The summed E-state index contributed by atoms with van der Waals surface area (Å²) in [6, 6.07) is -0.359. The molecule has 2 rings (SSSR count). The molecule has 20 heavy (non-hydrogen) atoms. The van der Waals surface area contributed by atoms with Crippen molar-refractivity contribution in [1.29, 1.82) is 0 Å². The monoisotopic (exact) mass is 279 g/mol. The van der Waals surface area contributed by atoms with Crippen LogP contribution in [0.3, 0.4) is 0 Å². The van der Waals surface area contributed by atoms with Crippen LogP contribution in [0, 0.1) is 23.2 Å². The van der Waals surface area contributed by atoms with E-state index in [0.29, 0.717) is 5.92 Å². The van der Waals surface area contributed by atoms with Crippen LogP contribution in [0.1, 0.15) is 66.2 Å². The third-order valence-corrected chi connectivity index (χ3v) is 4.99. The summed E-state index contributed by atoms with van der Waals surface area (Å²) < 4.78 is 0. The lowest BCUT2D eigenvalue weighted by molar-refractivity contribution is -0.130. The van der Waals surface area contributed by atoms with E-state index < -0.39 is 0 Å². The fourth-order valence-corrected chi connectivity index (χ4v) is 3.78. The van der Waals surface area contributed by atoms with E-state index in [2.05, 4.69) is 5.32 Å². The third-order valence-electron chi connectivity index (χ3n) is 4.99. The maximum Gasteiger partial charge on any atom is 0.224 e. The van der Waals surface area contributed by atoms with Gasteiger partial charge < -0.3 is 5.32 Å². The van der Waals surface area contributed by atoms with Gasteiger partial charge in [-0.3, -0.25) is 9.59 Å². The Hall–Kier alpha value is -0.860. The number of ketones is 1. The summed E-state index contributed by atoms with van der Waals surface area (Å²) in [4.78, 5) is 24.1. The SMILES string of the molecule is CC(=O)[C@@H](NC(=O)[C@@H]1C[C@@H]1C1CCCCC1)C(C)(C)C. The summed E-state index contributed by atoms with van der Waals surface area (Å²) in [5.41, 5.74) is -0.212. The zero-order valence-electron chi connectivity index (χ0n) is 13.4. The summed E-state index contributed by atoms with van der Waals surface area (Å²) in [7, 11) is 0. The topological polar surface area (TPSA) is 46.2 Å². The largest absolute Gasteiger partial charge is 0.346 e. The van der Waals surface area contributed by atoms with Gasteiger partial charge in [-0.05, 0) is 30.6 Å². The van der Waals surface area contributed by atoms with Gasteiger partial charge in [0.2, 0.25) is 5.91 Å². The van der Waals surface area contributed by atoms with Crippen LogP contribution in [0.5, 0.6) is 0 Å². The normalized spacial score (nSPS) is 28.8. The van der Waals surface area contributed by atoms with Gasteiger partial charge in [0.15, 0.2) is 5.78 Å². The second kappa shape index (κ2) is 5.87. The molecule has 1 amide bonds. The number of amides is 1. The number of hydrogen-bond acceptors (Lipinski definition) is 2. The van der Waals surface area contributed by atoms with Crippen molar-refractivity contribution in [2.75, 3.05) is 0 Å². The van der Waals surface area contributed by atoms with Gasteiger partial charge in [0, 0.05) is 5.92 Å². The first kappa shape index (κ1) is 15.5. The Bertz CT molecular complexity index is 377. The fourth-order valence-electron chi connectivity index (χ4n) is 3.78. The maximum atomic E-state index is 12.4. The minimum atomic E-state index is -0.359. The molecule has 0 spiro atoms. The average molecular weight is 279 g/mol. The zero-order valence-corrected chi connectivity index (χ0v) is 13.4. The van der Waals surface area contributed by atoms with Gasteiger partial charge in [0.05, 0.1) is 6.04 Å². The molecule has 2 fully saturated rings. The highest BCUT2D eigenvalue weighted by molar-refractivity contribution is 5.90. The number of Topliss-reactive ketones (excluding diaryl/α,β-unsaturated/α-hetero) is 1. The molecule has 2 aliphatic carbocycles. The molecule has 0 aromatic rings. The Balaban J connectivity index is 1.88. The Labute approximate surface area is 122 Å². The molecule has 3 nitrogen and oxygen atoms in total. The molecule has 0 bridgehead atoms. The second-order valence-electron chi connectivity index (χ2n) is 7.82. The number of hydrogen-bond donors (Lipinski definition) is 1. The molecule has 0 aromatic heterocycles. The lowest BCUT2D eigenvalue weighted by Gasteiger charge is -2.29. The number of nitrogens with one attached hydrogen (secondary N) is 1. The van der Waals surface area contributed by atoms with Gasteiger partial charge in [-0.15, -0.1) is 0 Å². The van der Waals surface area contributed by atoms with E-state index in [-0.39, 0.29) is 29.1 Å². The molecule has 0 radical (unpaired) electrons. The summed E-state index contributed by atoms with van der Waals surface area (Å²) in [5, 5.41) is 3.00. The van der Waals surface area contributed by atoms with Crippen LogP contribution >= 0.6 is 0 Å². The first-order valence-corrected chi connectivity index (χ1v) is 8.11. The molecule has 114 valence electrons. The Morgan fingerprint density at radius 1 is 1.10 bits per heavy atom. The van der Waals surface area contributed by atoms with E-state index in [0.717, 1.165) is 12.3 Å². The maximum absolute atomic E-state index is 12.4. The number of carbonyl (C=O) groups excluding carboxylic acids is 2. The molecular weight excluding hydrogens is 250 g/mol. The number of carbonyl (C=O) groups is 2. The average Bonchev–Trinajstić information content (AvgIpc) is 3.15. The Kier molecular flexibility index (Phi) is 4.55. The van der Waals surface area contributed by atoms with Crippen LogP contribution in [0.4, 0.5) is 0 Å². The fraction of sp³-hybridized carbons (Fsp3) is 0.882. The van der Waals surface area contributed by atoms with Gasteiger partial charge in [-0.2, -0.15) is 0 Å². The van der Waals surface area contributed by atoms with Crippen molar-refractivity contribution in [3.63, 3.8) is 0 Å². The molecule has 3 heteroatoms. The highest BCUT2D eigenvalue weighted by Crippen LogP contribution is 2.49. The summed E-state index contributed by atoms with van der Waals surface area (Å²) in [6.45, 7) is 7.59. The Morgan fingerprint density at radius 3 is 2.20 bits per heavy atom. The lowest BCUT2D eigenvalue weighted by Crippen LogP contribution is -2.49. The van der Waals surface area contributed by atoms with E-state index >= 15 is 0 Å². The van der Waals surface area contributed by atoms with Gasteiger partial charge in [-0.25, -0.2) is 0 Å². The first-order valence-electron chi connectivity index (χ1n) is 8.11. The molecule has 2 saturated carbocycles. The molecule has 0 saturated heterocycles. The van der Waals surface area contributed by atoms with Crippen molar-refractivity contribution in [2.45, 2.75) is 72.3 Å². The predicted molar refractivity (Wildman–Crippen MR) is 80.2 cm³/mol. The van der Waals surface area contributed by atoms with Gasteiger partial charge >= 0.3 is 0 Å². The molecule has 0 heterocycles. The smallest absolute Gasteiger partial charge is 0.224 e. The summed E-state index contributed by atoms with van der Waals surface area (Å²) in [6.07, 6.45) is 7.64. The van der Waals surface area contributed by atoms with Crippen LogP contribution in [-0.4, -0.2) is 17.7 Å². The molecule has 2 aliphatic rings. The second-order valence-corrected chi connectivity index (χ2v) is 7.82. The highest BCUT2D eigenvalue weighted by Gasteiger charge is 2.48. The quantitative estimate of drug-likeness (QED) is 0.858. The third kappa shape index (κ3) is 3.62. The molecule has 0 aromatic carbocycles. The first-order chi connectivity index (χ1) is 9.30. The van der Waals surface area contributed by atoms with Crippen molar-refractivity contribution in [1.82, 2.24) is 5.32 Å². The van der Waals surface area contributed by atoms with Crippen molar-refractivity contribution in [3.8, 4) is 0 Å². The van der Waals surface area contributed by atoms with Crippen molar-refractivity contribution in [3.05, 3.63) is 0 Å². The van der Waals surface area contributed by atoms with Crippen LogP contribution < -0.4 is 5.32 Å². The predicted octanol–water partition coefficient (Wildman–Crippen LogP) is 3.32. The van der Waals surface area contributed by atoms with E-state index in [4.69, 9.17) is 0 Å². The highest BCUT2D eigenvalue weighted by atomic mass is 16.2. The van der Waals surface area contributed by atoms with Crippen LogP contribution in [0.25, 0.3) is 0 Å². The molecule has 0 aliphatic heterocycles. The van der Waals surface area contributed by atoms with E-state index in [1.165, 1.54) is 32.1 Å². The number of rotatable bonds is 4. The molecule has 3 atom stereocenters. The van der Waals surface area contributed by atoms with Gasteiger partial charge in [0.25, 0.3) is 0 Å². The van der Waals surface area contributed by atoms with E-state index in [1.807, 2.05) is 20.8 Å². The molecule has 0 unspecified atom stereocenters. The van der Waals surface area contributed by atoms with Crippen LogP contribution in [-0.2, 0) is 9.59 Å². The molecular formula is C17H29NO2. The van der Waals surface area contributed by atoms with E-state index in [9.17, 15) is 9.59 Å². The van der Waals surface area contributed by atoms with Crippen molar-refractivity contribution in [2.24, 2.45) is 23.2 Å². The summed E-state index contributed by atoms with van der Waals surface area (Å²) >= 11 is 0. The summed E-state index contributed by atoms with van der Waals surface area (Å²) in [5.74, 6) is 1.67. The minimum Gasteiger partial charge on any atom is -0.346 e. The lowest BCUT2D eigenvalue weighted by atomic mass is 9.83. The standard InChI is InChI=1S/C17H29NO2/c1-11(19)15(17(2,3)4)18-16(20)14-10-13(14)12-8-6-5-7-9-12/h12-15H,5-10H2,1-4H3,(H,18,20)/t13-,14-,15-/m1/s1. The van der Waals surface area contributed by atoms with Crippen LogP contribution in [0.15, 0.2) is 0 Å². The minimum absolute atomic E-state index is 0.0562. The van der Waals surface area contributed by atoms with Crippen LogP contribution in [0.2, 0.25) is 0 Å². The molecule has 1 N–H and O–H groups in total. The zero-order chi connectivity index (χ0) is 14.9. The van der Waals surface area contributed by atoms with E-state index in [1.54, 1.807) is 6.92 Å². The van der Waals surface area contributed by atoms with Crippen molar-refractivity contribution < 1.29 is 9.59 Å². The van der Waals surface area contributed by atoms with Gasteiger partial charge in [-0.1, -0.05) is 52.9 Å². The Morgan fingerprint density at radius 2 is 1.70 bits per heavy atom.